The Bertz CT molecular complexity index is 523. The fourth-order valence-electron chi connectivity index (χ4n) is 1.93. The number of aliphatic carboxylic acids is 2. The monoisotopic (exact) mass is 296 g/mol. The number of carboxylic acid groups (broad SMARTS) is 2. The number of furan rings is 1. The van der Waals surface area contributed by atoms with E-state index in [1.54, 1.807) is 12.1 Å². The van der Waals surface area contributed by atoms with E-state index in [1.165, 1.54) is 11.2 Å². The van der Waals surface area contributed by atoms with Crippen LogP contribution in [0.25, 0.3) is 0 Å². The molecule has 3 N–H and O–H groups in total. The minimum Gasteiger partial charge on any atom is -0.481 e. The van der Waals surface area contributed by atoms with Gasteiger partial charge in [-0.25, -0.2) is 9.59 Å². The Kier molecular flexibility index (Phi) is 4.46. The van der Waals surface area contributed by atoms with Crippen LogP contribution in [0, 0.1) is 0 Å². The van der Waals surface area contributed by atoms with E-state index >= 15 is 0 Å². The molecule has 114 valence electrons. The van der Waals surface area contributed by atoms with E-state index in [0.29, 0.717) is 5.76 Å². The first-order valence-electron chi connectivity index (χ1n) is 6.51. The van der Waals surface area contributed by atoms with Gasteiger partial charge in [-0.2, -0.15) is 0 Å². The highest BCUT2D eigenvalue weighted by molar-refractivity contribution is 5.86. The van der Waals surface area contributed by atoms with Gasteiger partial charge < -0.3 is 24.8 Å². The maximum atomic E-state index is 12.2. The van der Waals surface area contributed by atoms with Gasteiger partial charge in [-0.15, -0.1) is 0 Å². The van der Waals surface area contributed by atoms with Gasteiger partial charge in [-0.3, -0.25) is 4.79 Å². The maximum Gasteiger partial charge on any atom is 0.326 e. The van der Waals surface area contributed by atoms with E-state index in [9.17, 15) is 14.4 Å². The molecule has 0 saturated heterocycles. The van der Waals surface area contributed by atoms with Crippen LogP contribution in [0.4, 0.5) is 4.79 Å². The molecule has 1 aliphatic carbocycles. The first-order chi connectivity index (χ1) is 9.97. The molecule has 1 fully saturated rings. The second-order valence-corrected chi connectivity index (χ2v) is 4.88. The van der Waals surface area contributed by atoms with Crippen LogP contribution in [0.15, 0.2) is 22.8 Å². The van der Waals surface area contributed by atoms with Crippen LogP contribution in [0.3, 0.4) is 0 Å². The highest BCUT2D eigenvalue weighted by atomic mass is 16.4. The summed E-state index contributed by atoms with van der Waals surface area (Å²) in [6.45, 7) is 0.225. The van der Waals surface area contributed by atoms with E-state index in [1.807, 2.05) is 0 Å². The van der Waals surface area contributed by atoms with Crippen molar-refractivity contribution in [3.63, 3.8) is 0 Å². The first kappa shape index (κ1) is 14.9. The smallest absolute Gasteiger partial charge is 0.326 e. The van der Waals surface area contributed by atoms with E-state index in [0.717, 1.165) is 12.8 Å². The number of carbonyl (C=O) groups excluding carboxylic acids is 1. The van der Waals surface area contributed by atoms with Crippen LogP contribution in [0.1, 0.15) is 25.0 Å². The number of carbonyl (C=O) groups is 3. The van der Waals surface area contributed by atoms with Crippen molar-refractivity contribution < 1.29 is 29.0 Å². The molecule has 0 aromatic carbocycles. The molecule has 8 heteroatoms. The second-order valence-electron chi connectivity index (χ2n) is 4.88. The average molecular weight is 296 g/mol. The lowest BCUT2D eigenvalue weighted by molar-refractivity contribution is -0.145. The number of urea groups is 1. The quantitative estimate of drug-likeness (QED) is 0.687. The fourth-order valence-corrected chi connectivity index (χ4v) is 1.93. The Hall–Kier alpha value is -2.51. The van der Waals surface area contributed by atoms with Gasteiger partial charge in [0, 0.05) is 6.04 Å². The molecule has 0 bridgehead atoms. The SMILES string of the molecule is O=C(O)C[C@@H](NC(=O)N(Cc1ccco1)C1CC1)C(=O)O. The minimum absolute atomic E-state index is 0.0365. The lowest BCUT2D eigenvalue weighted by Gasteiger charge is -2.23. The Labute approximate surface area is 120 Å². The third-order valence-electron chi connectivity index (χ3n) is 3.13. The number of hydrogen-bond donors (Lipinski definition) is 3. The highest BCUT2D eigenvalue weighted by Gasteiger charge is 2.35. The van der Waals surface area contributed by atoms with Crippen LogP contribution in [-0.2, 0) is 16.1 Å². The van der Waals surface area contributed by atoms with Crippen molar-refractivity contribution >= 4 is 18.0 Å². The molecule has 1 aliphatic rings. The van der Waals surface area contributed by atoms with Crippen LogP contribution in [0.2, 0.25) is 0 Å². The molecular weight excluding hydrogens is 280 g/mol. The van der Waals surface area contributed by atoms with Crippen molar-refractivity contribution in [3.8, 4) is 0 Å². The Balaban J connectivity index is 2.00. The highest BCUT2D eigenvalue weighted by Crippen LogP contribution is 2.28. The first-order valence-corrected chi connectivity index (χ1v) is 6.51. The normalized spacial score (nSPS) is 15.2. The Morgan fingerprint density at radius 2 is 2.10 bits per heavy atom. The van der Waals surface area contributed by atoms with Crippen LogP contribution in [-0.4, -0.2) is 45.2 Å². The fraction of sp³-hybridized carbons (Fsp3) is 0.462. The zero-order valence-electron chi connectivity index (χ0n) is 11.2. The van der Waals surface area contributed by atoms with E-state index in [4.69, 9.17) is 14.6 Å². The summed E-state index contributed by atoms with van der Waals surface area (Å²) in [4.78, 5) is 35.2. The van der Waals surface area contributed by atoms with Crippen molar-refractivity contribution in [3.05, 3.63) is 24.2 Å². The molecule has 0 radical (unpaired) electrons. The summed E-state index contributed by atoms with van der Waals surface area (Å²) in [5.41, 5.74) is 0. The molecule has 0 aliphatic heterocycles. The zero-order valence-corrected chi connectivity index (χ0v) is 11.2. The third-order valence-corrected chi connectivity index (χ3v) is 3.13. The van der Waals surface area contributed by atoms with Gasteiger partial charge in [0.25, 0.3) is 0 Å². The van der Waals surface area contributed by atoms with Crippen LogP contribution >= 0.6 is 0 Å². The van der Waals surface area contributed by atoms with Crippen LogP contribution in [0.5, 0.6) is 0 Å². The standard InChI is InChI=1S/C13H16N2O6/c16-11(17)6-10(12(18)19)14-13(20)15(8-3-4-8)7-9-2-1-5-21-9/h1-2,5,8,10H,3-4,6-7H2,(H,14,20)(H,16,17)(H,18,19)/t10-/m1/s1. The van der Waals surface area contributed by atoms with E-state index < -0.39 is 30.4 Å². The van der Waals surface area contributed by atoms with Gasteiger partial charge >= 0.3 is 18.0 Å². The molecule has 0 unspecified atom stereocenters. The van der Waals surface area contributed by atoms with Crippen molar-refractivity contribution in [1.29, 1.82) is 0 Å². The molecule has 1 saturated carbocycles. The average Bonchev–Trinajstić information content (AvgIpc) is 3.11. The second kappa shape index (κ2) is 6.29. The Morgan fingerprint density at radius 3 is 2.57 bits per heavy atom. The summed E-state index contributed by atoms with van der Waals surface area (Å²) in [6.07, 6.45) is 2.50. The zero-order chi connectivity index (χ0) is 15.4. The number of carboxylic acids is 2. The van der Waals surface area contributed by atoms with Gasteiger partial charge in [-0.1, -0.05) is 0 Å². The van der Waals surface area contributed by atoms with Crippen LogP contribution < -0.4 is 5.32 Å². The number of nitrogens with one attached hydrogen (secondary N) is 1. The Morgan fingerprint density at radius 1 is 1.38 bits per heavy atom. The topological polar surface area (TPSA) is 120 Å². The third kappa shape index (κ3) is 4.23. The summed E-state index contributed by atoms with van der Waals surface area (Å²) in [5, 5.41) is 19.9. The van der Waals surface area contributed by atoms with E-state index in [-0.39, 0.29) is 12.6 Å². The molecule has 1 heterocycles. The van der Waals surface area contributed by atoms with Crippen molar-refractivity contribution in [2.24, 2.45) is 0 Å². The molecule has 1 aromatic heterocycles. The number of amides is 2. The largest absolute Gasteiger partial charge is 0.481 e. The summed E-state index contributed by atoms with van der Waals surface area (Å²) in [6, 6.07) is 1.40. The van der Waals surface area contributed by atoms with E-state index in [2.05, 4.69) is 5.32 Å². The summed E-state index contributed by atoms with van der Waals surface area (Å²) >= 11 is 0. The van der Waals surface area contributed by atoms with Gasteiger partial charge in [-0.05, 0) is 25.0 Å². The number of rotatable bonds is 7. The van der Waals surface area contributed by atoms with Crippen molar-refractivity contribution in [2.75, 3.05) is 0 Å². The predicted molar refractivity (Wildman–Crippen MR) is 69.5 cm³/mol. The number of nitrogens with zero attached hydrogens (tertiary/aromatic N) is 1. The molecule has 2 rings (SSSR count). The maximum absolute atomic E-state index is 12.2. The molecular formula is C13H16N2O6. The lowest BCUT2D eigenvalue weighted by atomic mass is 10.2. The molecule has 2 amide bonds. The molecule has 0 spiro atoms. The lowest BCUT2D eigenvalue weighted by Crippen LogP contribution is -2.49. The minimum atomic E-state index is -1.45. The molecule has 1 aromatic rings. The predicted octanol–water partition coefficient (Wildman–Crippen LogP) is 0.881. The van der Waals surface area contributed by atoms with Crippen molar-refractivity contribution in [2.45, 2.75) is 37.9 Å². The number of hydrogen-bond acceptors (Lipinski definition) is 4. The van der Waals surface area contributed by atoms with Gasteiger partial charge in [0.05, 0.1) is 19.2 Å². The summed E-state index contributed by atoms with van der Waals surface area (Å²) in [5.74, 6) is -2.08. The van der Waals surface area contributed by atoms with Crippen molar-refractivity contribution in [1.82, 2.24) is 10.2 Å². The van der Waals surface area contributed by atoms with Gasteiger partial charge in [0.1, 0.15) is 11.8 Å². The summed E-state index contributed by atoms with van der Waals surface area (Å²) < 4.78 is 5.18. The van der Waals surface area contributed by atoms with Gasteiger partial charge in [0.2, 0.25) is 0 Å². The molecule has 1 atom stereocenters. The molecule has 21 heavy (non-hydrogen) atoms. The summed E-state index contributed by atoms with van der Waals surface area (Å²) in [7, 11) is 0. The van der Waals surface area contributed by atoms with Gasteiger partial charge in [0.15, 0.2) is 0 Å². The molecule has 8 nitrogen and oxygen atoms in total.